The van der Waals surface area contributed by atoms with Crippen molar-refractivity contribution in [1.29, 1.82) is 0 Å². The summed E-state index contributed by atoms with van der Waals surface area (Å²) in [6.07, 6.45) is 14.1. The fourth-order valence-electron chi connectivity index (χ4n) is 4.93. The van der Waals surface area contributed by atoms with Gasteiger partial charge in [0.05, 0.1) is 32.1 Å². The quantitative estimate of drug-likeness (QED) is 0.0926. The Hall–Kier alpha value is -2.12. The molecule has 1 fully saturated rings. The molecule has 0 aromatic carbocycles. The molecule has 0 radical (unpaired) electrons. The van der Waals surface area contributed by atoms with E-state index in [1.165, 1.54) is 45.4 Å². The minimum absolute atomic E-state index is 0.00470. The summed E-state index contributed by atoms with van der Waals surface area (Å²) in [5.41, 5.74) is 0. The molecule has 0 bridgehead atoms. The molecule has 3 atom stereocenters. The molecule has 1 heterocycles. The molecule has 0 aromatic rings. The largest absolute Gasteiger partial charge is 0.466 e. The van der Waals surface area contributed by atoms with Crippen LogP contribution >= 0.6 is 0 Å². The molecule has 0 N–H and O–H groups in total. The molecular formula is C30H53NO7. The van der Waals surface area contributed by atoms with Crippen LogP contribution < -0.4 is 0 Å². The summed E-state index contributed by atoms with van der Waals surface area (Å²) < 4.78 is 16.2. The predicted octanol–water partition coefficient (Wildman–Crippen LogP) is 6.13. The van der Waals surface area contributed by atoms with Crippen LogP contribution in [-0.4, -0.2) is 60.6 Å². The van der Waals surface area contributed by atoms with Crippen molar-refractivity contribution in [2.45, 2.75) is 143 Å². The molecule has 38 heavy (non-hydrogen) atoms. The molecule has 1 amide bonds. The van der Waals surface area contributed by atoms with Crippen LogP contribution in [0.5, 0.6) is 0 Å². The fraction of sp³-hybridized carbons (Fsp3) is 0.867. The normalized spacial score (nSPS) is 17.4. The monoisotopic (exact) mass is 539 g/mol. The summed E-state index contributed by atoms with van der Waals surface area (Å²) in [6, 6.07) is 0.0405. The summed E-state index contributed by atoms with van der Waals surface area (Å²) in [5.74, 6) is -1.70. The average Bonchev–Trinajstić information content (AvgIpc) is 2.86. The van der Waals surface area contributed by atoms with Gasteiger partial charge in [0.15, 0.2) is 0 Å². The van der Waals surface area contributed by atoms with Crippen LogP contribution in [0.15, 0.2) is 0 Å². The minimum Gasteiger partial charge on any atom is -0.466 e. The van der Waals surface area contributed by atoms with E-state index in [4.69, 9.17) is 14.2 Å². The van der Waals surface area contributed by atoms with Gasteiger partial charge >= 0.3 is 17.9 Å². The zero-order chi connectivity index (χ0) is 28.2. The summed E-state index contributed by atoms with van der Waals surface area (Å²) in [5, 5.41) is 0. The molecule has 0 aromatic heterocycles. The number of carbonyl (C=O) groups excluding carboxylic acids is 4. The van der Waals surface area contributed by atoms with E-state index >= 15 is 0 Å². The van der Waals surface area contributed by atoms with E-state index in [1.807, 2.05) is 6.92 Å². The number of unbranched alkanes of at least 4 members (excludes halogenated alkanes) is 10. The molecule has 0 aliphatic carbocycles. The lowest BCUT2D eigenvalue weighted by Crippen LogP contribution is -2.58. The van der Waals surface area contributed by atoms with Crippen molar-refractivity contribution in [2.24, 2.45) is 5.92 Å². The highest BCUT2D eigenvalue weighted by atomic mass is 16.5. The van der Waals surface area contributed by atoms with Crippen molar-refractivity contribution in [3.8, 4) is 0 Å². The maximum absolute atomic E-state index is 12.5. The lowest BCUT2D eigenvalue weighted by molar-refractivity contribution is -0.158. The van der Waals surface area contributed by atoms with Gasteiger partial charge in [-0.2, -0.15) is 0 Å². The first-order valence-electron chi connectivity index (χ1n) is 15.0. The van der Waals surface area contributed by atoms with Gasteiger partial charge in [-0.1, -0.05) is 78.1 Å². The van der Waals surface area contributed by atoms with E-state index in [2.05, 4.69) is 13.8 Å². The van der Waals surface area contributed by atoms with Gasteiger partial charge in [-0.25, -0.2) is 0 Å². The first-order chi connectivity index (χ1) is 18.3. The van der Waals surface area contributed by atoms with Crippen molar-refractivity contribution in [3.05, 3.63) is 0 Å². The molecule has 8 nitrogen and oxygen atoms in total. The number of rotatable bonds is 22. The Bertz CT molecular complexity index is 696. The molecule has 0 saturated carbocycles. The predicted molar refractivity (Wildman–Crippen MR) is 147 cm³/mol. The van der Waals surface area contributed by atoms with E-state index in [0.29, 0.717) is 13.0 Å². The van der Waals surface area contributed by atoms with Gasteiger partial charge in [-0.3, -0.25) is 19.2 Å². The molecule has 1 aliphatic heterocycles. The van der Waals surface area contributed by atoms with Crippen LogP contribution in [0.3, 0.4) is 0 Å². The number of amides is 1. The molecule has 3 unspecified atom stereocenters. The molecule has 1 saturated heterocycles. The van der Waals surface area contributed by atoms with Crippen LogP contribution in [0.2, 0.25) is 0 Å². The molecule has 1 aliphatic rings. The van der Waals surface area contributed by atoms with Crippen LogP contribution in [0.4, 0.5) is 0 Å². The Balaban J connectivity index is 2.46. The van der Waals surface area contributed by atoms with Crippen LogP contribution in [0.1, 0.15) is 130 Å². The number of nitrogens with zero attached hydrogens (tertiary/aromatic N) is 1. The van der Waals surface area contributed by atoms with Gasteiger partial charge in [-0.15, -0.1) is 0 Å². The number of hydrogen-bond donors (Lipinski definition) is 0. The van der Waals surface area contributed by atoms with Gasteiger partial charge in [0, 0.05) is 25.3 Å². The Labute approximate surface area is 230 Å². The summed E-state index contributed by atoms with van der Waals surface area (Å²) in [7, 11) is 0. The highest BCUT2D eigenvalue weighted by Gasteiger charge is 2.37. The minimum atomic E-state index is -0.503. The third kappa shape index (κ3) is 15.3. The smallest absolute Gasteiger partial charge is 0.306 e. The van der Waals surface area contributed by atoms with Gasteiger partial charge in [-0.05, 0) is 26.2 Å². The van der Waals surface area contributed by atoms with Crippen molar-refractivity contribution < 1.29 is 33.4 Å². The van der Waals surface area contributed by atoms with Crippen molar-refractivity contribution in [3.63, 3.8) is 0 Å². The van der Waals surface area contributed by atoms with Crippen molar-refractivity contribution in [1.82, 2.24) is 4.90 Å². The highest BCUT2D eigenvalue weighted by Crippen LogP contribution is 2.26. The van der Waals surface area contributed by atoms with Crippen LogP contribution in [-0.2, 0) is 33.4 Å². The van der Waals surface area contributed by atoms with Crippen LogP contribution in [0.25, 0.3) is 0 Å². The molecular weight excluding hydrogens is 486 g/mol. The zero-order valence-electron chi connectivity index (χ0n) is 24.5. The Kier molecular flexibility index (Phi) is 18.6. The number of likely N-dealkylation sites (tertiary alicyclic amines) is 1. The number of esters is 3. The first-order valence-corrected chi connectivity index (χ1v) is 15.0. The van der Waals surface area contributed by atoms with E-state index in [0.717, 1.165) is 44.9 Å². The van der Waals surface area contributed by atoms with E-state index in [-0.39, 0.29) is 56.0 Å². The number of ether oxygens (including phenoxy) is 3. The number of hydrogen-bond acceptors (Lipinski definition) is 7. The molecule has 8 heteroatoms. The second-order valence-electron chi connectivity index (χ2n) is 10.8. The second kappa shape index (κ2) is 20.8. The van der Waals surface area contributed by atoms with Gasteiger partial charge < -0.3 is 19.1 Å². The highest BCUT2D eigenvalue weighted by molar-refractivity contribution is 5.75. The van der Waals surface area contributed by atoms with Gasteiger partial charge in [0.1, 0.15) is 6.61 Å². The van der Waals surface area contributed by atoms with E-state index in [1.54, 1.807) is 4.90 Å². The van der Waals surface area contributed by atoms with Gasteiger partial charge in [0.2, 0.25) is 5.91 Å². The molecule has 0 spiro atoms. The lowest BCUT2D eigenvalue weighted by atomic mass is 9.95. The third-order valence-electron chi connectivity index (χ3n) is 7.17. The number of carbonyl (C=O) groups is 4. The van der Waals surface area contributed by atoms with Gasteiger partial charge in [0.25, 0.3) is 0 Å². The SMILES string of the molecule is CCCCCCCCOC(=O)CC(COC(=O)CCCCCCCC)CC(=O)OCC1CC(C)N1C(C)=O. The lowest BCUT2D eigenvalue weighted by Gasteiger charge is -2.46. The first kappa shape index (κ1) is 33.9. The standard InChI is InChI=1S/C30H53NO7/c1-5-7-9-11-13-15-17-28(33)37-22-26(20-29(34)36-18-16-14-12-10-8-6-2)21-30(35)38-23-27-19-24(3)31(27)25(4)32/h24,26-27H,5-23H2,1-4H3. The summed E-state index contributed by atoms with van der Waals surface area (Å²) in [4.78, 5) is 50.7. The van der Waals surface area contributed by atoms with E-state index in [9.17, 15) is 19.2 Å². The topological polar surface area (TPSA) is 99.2 Å². The van der Waals surface area contributed by atoms with Crippen molar-refractivity contribution >= 4 is 23.8 Å². The fourth-order valence-corrected chi connectivity index (χ4v) is 4.93. The Morgan fingerprint density at radius 1 is 0.737 bits per heavy atom. The molecule has 1 rings (SSSR count). The maximum atomic E-state index is 12.5. The Morgan fingerprint density at radius 2 is 1.29 bits per heavy atom. The molecule has 220 valence electrons. The van der Waals surface area contributed by atoms with Crippen LogP contribution in [0, 0.1) is 5.92 Å². The van der Waals surface area contributed by atoms with Crippen molar-refractivity contribution in [2.75, 3.05) is 19.8 Å². The van der Waals surface area contributed by atoms with E-state index < -0.39 is 11.9 Å². The maximum Gasteiger partial charge on any atom is 0.306 e. The average molecular weight is 540 g/mol. The zero-order valence-corrected chi connectivity index (χ0v) is 24.5. The summed E-state index contributed by atoms with van der Waals surface area (Å²) in [6.45, 7) is 8.30. The summed E-state index contributed by atoms with van der Waals surface area (Å²) >= 11 is 0. The third-order valence-corrected chi connectivity index (χ3v) is 7.17. The Morgan fingerprint density at radius 3 is 1.87 bits per heavy atom. The second-order valence-corrected chi connectivity index (χ2v) is 10.8.